The third kappa shape index (κ3) is 4.07. The van der Waals surface area contributed by atoms with Crippen molar-refractivity contribution in [1.29, 1.82) is 0 Å². The average Bonchev–Trinajstić information content (AvgIpc) is 3.26. The van der Waals surface area contributed by atoms with Gasteiger partial charge in [-0.2, -0.15) is 0 Å². The summed E-state index contributed by atoms with van der Waals surface area (Å²) in [5, 5.41) is 0. The number of rotatable bonds is 5. The topological polar surface area (TPSA) is 18.5 Å². The first-order valence-electron chi connectivity index (χ1n) is 13.1. The summed E-state index contributed by atoms with van der Waals surface area (Å²) in [5.74, 6) is 1.78. The van der Waals surface area contributed by atoms with Gasteiger partial charge in [-0.25, -0.2) is 0 Å². The summed E-state index contributed by atoms with van der Waals surface area (Å²) in [7, 11) is 3.49. The fourth-order valence-electron chi connectivity index (χ4n) is 5.86. The molecule has 0 aromatic heterocycles. The lowest BCUT2D eigenvalue weighted by atomic mass is 9.82. The van der Waals surface area contributed by atoms with Gasteiger partial charge in [-0.1, -0.05) is 71.8 Å². The molecule has 2 aliphatic rings. The molecule has 0 fully saturated rings. The Hall–Kier alpha value is -4.04. The van der Waals surface area contributed by atoms with E-state index in [9.17, 15) is 0 Å². The molecule has 0 heterocycles. The van der Waals surface area contributed by atoms with E-state index < -0.39 is 0 Å². The number of aryl methyl sites for hydroxylation is 2. The first-order valence-corrected chi connectivity index (χ1v) is 13.1. The van der Waals surface area contributed by atoms with Gasteiger partial charge in [0.1, 0.15) is 11.5 Å². The maximum Gasteiger partial charge on any atom is 0.127 e. The molecule has 4 aromatic rings. The molecular formula is C35H32O2. The van der Waals surface area contributed by atoms with Crippen molar-refractivity contribution < 1.29 is 9.47 Å². The monoisotopic (exact) mass is 484 g/mol. The fraction of sp³-hybridized carbons (Fsp3) is 0.200. The maximum atomic E-state index is 6.00. The minimum atomic E-state index is 0.875. The van der Waals surface area contributed by atoms with Crippen LogP contribution < -0.4 is 9.47 Å². The lowest BCUT2D eigenvalue weighted by Gasteiger charge is -2.22. The van der Waals surface area contributed by atoms with E-state index >= 15 is 0 Å². The predicted octanol–water partition coefficient (Wildman–Crippen LogP) is 8.90. The smallest absolute Gasteiger partial charge is 0.127 e. The van der Waals surface area contributed by atoms with Crippen LogP contribution in [0.2, 0.25) is 0 Å². The van der Waals surface area contributed by atoms with E-state index in [1.165, 1.54) is 61.2 Å². The molecule has 0 N–H and O–H groups in total. The van der Waals surface area contributed by atoms with E-state index in [0.717, 1.165) is 36.3 Å². The van der Waals surface area contributed by atoms with Crippen molar-refractivity contribution in [3.05, 3.63) is 124 Å². The SMILES string of the molecule is COc1ccc(C2=C3CCCC(c4ccc(C)cc4)=C3c3cc(-c4ccc(C)cc4)c(OC)cc32)cc1. The van der Waals surface area contributed by atoms with E-state index in [2.05, 4.69) is 98.8 Å². The first-order chi connectivity index (χ1) is 18.1. The van der Waals surface area contributed by atoms with Crippen LogP contribution in [0.15, 0.2) is 90.5 Å². The molecule has 2 heteroatoms. The number of methoxy groups -OCH3 is 2. The van der Waals surface area contributed by atoms with Gasteiger partial charge in [0.2, 0.25) is 0 Å². The summed E-state index contributed by atoms with van der Waals surface area (Å²) in [5.41, 5.74) is 15.6. The lowest BCUT2D eigenvalue weighted by molar-refractivity contribution is 0.414. The van der Waals surface area contributed by atoms with Gasteiger partial charge in [-0.05, 0) is 107 Å². The van der Waals surface area contributed by atoms with Crippen LogP contribution in [-0.2, 0) is 0 Å². The van der Waals surface area contributed by atoms with E-state index in [1.54, 1.807) is 14.2 Å². The second-order valence-corrected chi connectivity index (χ2v) is 10.1. The molecule has 0 amide bonds. The van der Waals surface area contributed by atoms with E-state index in [4.69, 9.17) is 9.47 Å². The molecule has 0 spiro atoms. The van der Waals surface area contributed by atoms with Crippen molar-refractivity contribution in [3.63, 3.8) is 0 Å². The second-order valence-electron chi connectivity index (χ2n) is 10.1. The zero-order chi connectivity index (χ0) is 25.5. The second kappa shape index (κ2) is 9.44. The number of fused-ring (bicyclic) bond motifs is 3. The van der Waals surface area contributed by atoms with Crippen LogP contribution in [0.1, 0.15) is 52.6 Å². The van der Waals surface area contributed by atoms with Crippen LogP contribution in [0.25, 0.3) is 27.8 Å². The normalized spacial score (nSPS) is 14.5. The van der Waals surface area contributed by atoms with Gasteiger partial charge in [-0.15, -0.1) is 0 Å². The fourth-order valence-corrected chi connectivity index (χ4v) is 5.86. The Morgan fingerprint density at radius 1 is 0.514 bits per heavy atom. The van der Waals surface area contributed by atoms with E-state index in [1.807, 2.05) is 0 Å². The van der Waals surface area contributed by atoms with Crippen LogP contribution in [0.3, 0.4) is 0 Å². The Labute approximate surface area is 219 Å². The number of ether oxygens (including phenoxy) is 2. The molecule has 4 aromatic carbocycles. The molecule has 0 unspecified atom stereocenters. The van der Waals surface area contributed by atoms with Crippen LogP contribution in [-0.4, -0.2) is 14.2 Å². The number of benzene rings is 4. The average molecular weight is 485 g/mol. The third-order valence-corrected chi connectivity index (χ3v) is 7.78. The zero-order valence-corrected chi connectivity index (χ0v) is 22.0. The maximum absolute atomic E-state index is 6.00. The number of hydrogen-bond acceptors (Lipinski definition) is 2. The van der Waals surface area contributed by atoms with Crippen LogP contribution in [0.4, 0.5) is 0 Å². The highest BCUT2D eigenvalue weighted by Gasteiger charge is 2.33. The Bertz CT molecular complexity index is 1530. The van der Waals surface area contributed by atoms with Gasteiger partial charge in [-0.3, -0.25) is 0 Å². The quantitative estimate of drug-likeness (QED) is 0.282. The highest BCUT2D eigenvalue weighted by atomic mass is 16.5. The molecule has 0 radical (unpaired) electrons. The molecule has 0 saturated carbocycles. The van der Waals surface area contributed by atoms with Gasteiger partial charge in [0, 0.05) is 5.56 Å². The highest BCUT2D eigenvalue weighted by Crippen LogP contribution is 2.54. The van der Waals surface area contributed by atoms with E-state index in [0.29, 0.717) is 0 Å². The summed E-state index contributed by atoms with van der Waals surface area (Å²) in [6, 6.07) is 30.9. The Morgan fingerprint density at radius 3 is 1.70 bits per heavy atom. The molecule has 0 saturated heterocycles. The first kappa shape index (κ1) is 23.4. The zero-order valence-electron chi connectivity index (χ0n) is 22.0. The van der Waals surface area contributed by atoms with Gasteiger partial charge >= 0.3 is 0 Å². The summed E-state index contributed by atoms with van der Waals surface area (Å²) >= 11 is 0. The minimum absolute atomic E-state index is 0.875. The minimum Gasteiger partial charge on any atom is -0.497 e. The molecule has 0 bridgehead atoms. The largest absolute Gasteiger partial charge is 0.497 e. The molecule has 184 valence electrons. The van der Waals surface area contributed by atoms with Crippen molar-refractivity contribution in [2.24, 2.45) is 0 Å². The predicted molar refractivity (Wildman–Crippen MR) is 154 cm³/mol. The molecule has 2 nitrogen and oxygen atoms in total. The molecule has 2 aliphatic carbocycles. The number of hydrogen-bond donors (Lipinski definition) is 0. The van der Waals surface area contributed by atoms with Crippen molar-refractivity contribution in [2.45, 2.75) is 33.1 Å². The van der Waals surface area contributed by atoms with Crippen molar-refractivity contribution in [1.82, 2.24) is 0 Å². The summed E-state index contributed by atoms with van der Waals surface area (Å²) < 4.78 is 11.5. The third-order valence-electron chi connectivity index (χ3n) is 7.78. The molecule has 0 aliphatic heterocycles. The summed E-state index contributed by atoms with van der Waals surface area (Å²) in [4.78, 5) is 0. The van der Waals surface area contributed by atoms with E-state index in [-0.39, 0.29) is 0 Å². The summed E-state index contributed by atoms with van der Waals surface area (Å²) in [6.07, 6.45) is 3.31. The highest BCUT2D eigenvalue weighted by molar-refractivity contribution is 6.13. The van der Waals surface area contributed by atoms with Crippen LogP contribution in [0.5, 0.6) is 11.5 Å². The van der Waals surface area contributed by atoms with Gasteiger partial charge in [0.05, 0.1) is 14.2 Å². The Balaban J connectivity index is 1.64. The van der Waals surface area contributed by atoms with Crippen LogP contribution in [0, 0.1) is 13.8 Å². The van der Waals surface area contributed by atoms with Gasteiger partial charge in [0.15, 0.2) is 0 Å². The van der Waals surface area contributed by atoms with Gasteiger partial charge < -0.3 is 9.47 Å². The Morgan fingerprint density at radius 2 is 1.08 bits per heavy atom. The van der Waals surface area contributed by atoms with Gasteiger partial charge in [0.25, 0.3) is 0 Å². The van der Waals surface area contributed by atoms with Crippen molar-refractivity contribution >= 4 is 16.7 Å². The standard InChI is InChI=1S/C35H32O2/c1-22-8-12-24(13-9-22)28-6-5-7-29-34(26-16-18-27(36-3)19-17-26)32-21-33(37-4)30(20-31(32)35(28)29)25-14-10-23(2)11-15-25/h8-21H,5-7H2,1-4H3. The molecule has 0 atom stereocenters. The van der Waals surface area contributed by atoms with Crippen molar-refractivity contribution in [3.8, 4) is 22.6 Å². The lowest BCUT2D eigenvalue weighted by Crippen LogP contribution is -2.01. The molecule has 37 heavy (non-hydrogen) atoms. The van der Waals surface area contributed by atoms with Crippen molar-refractivity contribution in [2.75, 3.05) is 14.2 Å². The molecular weight excluding hydrogens is 452 g/mol. The Kier molecular flexibility index (Phi) is 5.96. The number of allylic oxidation sites excluding steroid dienone is 3. The molecule has 6 rings (SSSR count). The summed E-state index contributed by atoms with van der Waals surface area (Å²) in [6.45, 7) is 4.28. The van der Waals surface area contributed by atoms with Crippen LogP contribution >= 0.6 is 0 Å².